The van der Waals surface area contributed by atoms with Crippen LogP contribution in [0.25, 0.3) is 53.4 Å². The van der Waals surface area contributed by atoms with Crippen LogP contribution in [0.15, 0.2) is 108 Å². The van der Waals surface area contributed by atoms with Gasteiger partial charge >= 0.3 is 13.6 Å². The SMILES string of the molecule is CC(C)(C)c1ccc2c(c1)B1c3ccc4c(sc5ccccc54)c3-c3cc(C(C)(C)C)cc4c3N1c1c-2ccc2c1B4c1oc3ccccc3c1O2. The Bertz CT molecular complexity index is 2940. The summed E-state index contributed by atoms with van der Waals surface area (Å²) in [6.45, 7) is 13.9. The molecule has 6 aromatic carbocycles. The van der Waals surface area contributed by atoms with E-state index in [0.29, 0.717) is 0 Å². The van der Waals surface area contributed by atoms with Crippen LogP contribution in [0.5, 0.6) is 11.5 Å². The average molecular weight is 687 g/mol. The van der Waals surface area contributed by atoms with Gasteiger partial charge in [-0.25, -0.2) is 0 Å². The molecule has 2 aromatic heterocycles. The Kier molecular flexibility index (Phi) is 5.33. The number of hydrogen-bond acceptors (Lipinski definition) is 4. The molecule has 0 aliphatic carbocycles. The fraction of sp³-hybridized carbons (Fsp3) is 0.174. The quantitative estimate of drug-likeness (QED) is 0.149. The minimum absolute atomic E-state index is 0.00525. The van der Waals surface area contributed by atoms with Crippen molar-refractivity contribution in [2.24, 2.45) is 0 Å². The topological polar surface area (TPSA) is 25.6 Å². The summed E-state index contributed by atoms with van der Waals surface area (Å²) in [5, 5.41) is 3.70. The molecule has 0 radical (unpaired) electrons. The molecule has 0 unspecified atom stereocenters. The number of benzene rings is 6. The number of anilines is 2. The zero-order valence-corrected chi connectivity index (χ0v) is 31.0. The number of para-hydroxylation sites is 1. The standard InChI is InChI=1S/C46H35B2NO2S/c1-45(2,3)24-15-16-26-28-18-20-36-39-41(28)49-40-31(38-32(48(49)33(26)22-24)19-17-29-27-11-8-10-14-37(27)52-43(29)38)21-25(46(4,5)6)23-34(40)47(39)44-42(50-36)30-12-7-9-13-35(30)51-44/h7-23H,1-6H3. The predicted molar refractivity (Wildman–Crippen MR) is 222 cm³/mol. The van der Waals surface area contributed by atoms with Crippen molar-refractivity contribution >= 4 is 94.9 Å². The molecule has 0 saturated carbocycles. The van der Waals surface area contributed by atoms with Gasteiger partial charge in [-0.15, -0.1) is 11.3 Å². The number of ether oxygens (including phenoxy) is 1. The van der Waals surface area contributed by atoms with Crippen LogP contribution in [-0.2, 0) is 10.8 Å². The largest absolute Gasteiger partial charge is 0.466 e. The predicted octanol–water partition coefficient (Wildman–Crippen LogP) is 9.24. The molecule has 0 N–H and O–H groups in total. The molecule has 0 amide bonds. The van der Waals surface area contributed by atoms with E-state index in [-0.39, 0.29) is 24.4 Å². The van der Waals surface area contributed by atoms with E-state index in [2.05, 4.69) is 149 Å². The number of nitrogens with zero attached hydrogens (tertiary/aromatic N) is 1. The van der Waals surface area contributed by atoms with Gasteiger partial charge in [-0.2, -0.15) is 0 Å². The Labute approximate surface area is 308 Å². The van der Waals surface area contributed by atoms with Gasteiger partial charge in [0.25, 0.3) is 0 Å². The molecular formula is C46H35B2NO2S. The molecule has 3 nitrogen and oxygen atoms in total. The van der Waals surface area contributed by atoms with Crippen molar-refractivity contribution in [3.63, 3.8) is 0 Å². The van der Waals surface area contributed by atoms with Crippen LogP contribution in [0.1, 0.15) is 52.7 Å². The Balaban J connectivity index is 1.29. The van der Waals surface area contributed by atoms with Crippen molar-refractivity contribution < 1.29 is 9.15 Å². The third-order valence-corrected chi connectivity index (χ3v) is 13.4. The molecule has 4 aliphatic rings. The van der Waals surface area contributed by atoms with E-state index in [9.17, 15) is 0 Å². The zero-order valence-electron chi connectivity index (χ0n) is 30.1. The first-order valence-corrected chi connectivity index (χ1v) is 19.3. The van der Waals surface area contributed by atoms with Gasteiger partial charge in [0.2, 0.25) is 0 Å². The van der Waals surface area contributed by atoms with Crippen molar-refractivity contribution in [1.29, 1.82) is 0 Å². The lowest BCUT2D eigenvalue weighted by molar-refractivity contribution is 0.482. The van der Waals surface area contributed by atoms with Crippen molar-refractivity contribution in [3.05, 3.63) is 114 Å². The summed E-state index contributed by atoms with van der Waals surface area (Å²) in [5.74, 6) is 1.78. The second-order valence-corrected chi connectivity index (χ2v) is 18.3. The van der Waals surface area contributed by atoms with Gasteiger partial charge < -0.3 is 14.0 Å². The lowest BCUT2D eigenvalue weighted by atomic mass is 9.32. The molecule has 0 fully saturated rings. The molecule has 0 spiro atoms. The van der Waals surface area contributed by atoms with Gasteiger partial charge in [0.05, 0.1) is 5.39 Å². The zero-order chi connectivity index (χ0) is 35.0. The highest BCUT2D eigenvalue weighted by molar-refractivity contribution is 7.26. The molecule has 6 heterocycles. The molecular weight excluding hydrogens is 652 g/mol. The highest BCUT2D eigenvalue weighted by Gasteiger charge is 2.53. The van der Waals surface area contributed by atoms with Crippen LogP contribution in [0.3, 0.4) is 0 Å². The maximum Gasteiger partial charge on any atom is 0.329 e. The molecule has 6 heteroatoms. The second-order valence-electron chi connectivity index (χ2n) is 17.2. The van der Waals surface area contributed by atoms with Crippen LogP contribution in [-0.4, -0.2) is 13.6 Å². The molecule has 0 bridgehead atoms. The molecule has 8 aromatic rings. The Morgan fingerprint density at radius 2 is 1.37 bits per heavy atom. The minimum Gasteiger partial charge on any atom is -0.466 e. The summed E-state index contributed by atoms with van der Waals surface area (Å²) in [4.78, 5) is 2.70. The van der Waals surface area contributed by atoms with Gasteiger partial charge in [0.15, 0.2) is 5.75 Å². The molecule has 0 atom stereocenters. The summed E-state index contributed by atoms with van der Waals surface area (Å²) in [7, 11) is 0. The molecule has 12 rings (SSSR count). The highest BCUT2D eigenvalue weighted by Crippen LogP contribution is 2.53. The maximum absolute atomic E-state index is 6.94. The van der Waals surface area contributed by atoms with Gasteiger partial charge in [-0.05, 0) is 85.9 Å². The third-order valence-electron chi connectivity index (χ3n) is 12.2. The van der Waals surface area contributed by atoms with Gasteiger partial charge in [-0.1, -0.05) is 108 Å². The number of furan rings is 1. The normalized spacial score (nSPS) is 14.8. The Hall–Kier alpha value is -5.19. The van der Waals surface area contributed by atoms with Crippen molar-refractivity contribution in [2.45, 2.75) is 52.4 Å². The molecule has 248 valence electrons. The highest BCUT2D eigenvalue weighted by atomic mass is 32.1. The smallest absolute Gasteiger partial charge is 0.329 e. The fourth-order valence-electron chi connectivity index (χ4n) is 9.70. The summed E-state index contributed by atoms with van der Waals surface area (Å²) in [5.41, 5.74) is 17.5. The van der Waals surface area contributed by atoms with E-state index in [0.717, 1.165) is 28.1 Å². The van der Waals surface area contributed by atoms with E-state index >= 15 is 0 Å². The van der Waals surface area contributed by atoms with Crippen LogP contribution in [0.2, 0.25) is 0 Å². The maximum atomic E-state index is 6.94. The minimum atomic E-state index is -0.104. The van der Waals surface area contributed by atoms with Crippen molar-refractivity contribution in [1.82, 2.24) is 0 Å². The van der Waals surface area contributed by atoms with Crippen molar-refractivity contribution in [3.8, 4) is 33.8 Å². The number of hydrogen-bond donors (Lipinski definition) is 0. The van der Waals surface area contributed by atoms with E-state index in [1.807, 2.05) is 11.3 Å². The Morgan fingerprint density at radius 1 is 0.615 bits per heavy atom. The van der Waals surface area contributed by atoms with Gasteiger partial charge in [0.1, 0.15) is 17.0 Å². The van der Waals surface area contributed by atoms with Crippen LogP contribution in [0.4, 0.5) is 11.4 Å². The summed E-state index contributed by atoms with van der Waals surface area (Å²) >= 11 is 1.94. The van der Waals surface area contributed by atoms with Gasteiger partial charge in [-0.3, -0.25) is 0 Å². The number of fused-ring (bicyclic) bond motifs is 15. The number of rotatable bonds is 0. The Morgan fingerprint density at radius 3 is 2.19 bits per heavy atom. The van der Waals surface area contributed by atoms with E-state index in [4.69, 9.17) is 9.15 Å². The van der Waals surface area contributed by atoms with Crippen LogP contribution >= 0.6 is 11.3 Å². The monoisotopic (exact) mass is 687 g/mol. The van der Waals surface area contributed by atoms with Crippen LogP contribution in [0, 0.1) is 0 Å². The number of thiophene rings is 1. The fourth-order valence-corrected chi connectivity index (χ4v) is 11.0. The first-order valence-electron chi connectivity index (χ1n) is 18.5. The first-order chi connectivity index (χ1) is 25.1. The summed E-state index contributed by atoms with van der Waals surface area (Å²) in [6.07, 6.45) is 0. The van der Waals surface area contributed by atoms with E-state index in [1.165, 1.54) is 86.8 Å². The summed E-state index contributed by atoms with van der Waals surface area (Å²) in [6, 6.07) is 38.9. The van der Waals surface area contributed by atoms with Crippen molar-refractivity contribution in [2.75, 3.05) is 4.81 Å². The van der Waals surface area contributed by atoms with E-state index < -0.39 is 0 Å². The third kappa shape index (κ3) is 3.54. The van der Waals surface area contributed by atoms with E-state index in [1.54, 1.807) is 0 Å². The molecule has 4 aliphatic heterocycles. The lowest BCUT2D eigenvalue weighted by Gasteiger charge is -2.50. The van der Waals surface area contributed by atoms with Crippen LogP contribution < -0.4 is 37.1 Å². The lowest BCUT2D eigenvalue weighted by Crippen LogP contribution is -2.68. The summed E-state index contributed by atoms with van der Waals surface area (Å²) < 4.78 is 16.5. The molecule has 0 saturated heterocycles. The molecule has 52 heavy (non-hydrogen) atoms. The average Bonchev–Trinajstić information content (AvgIpc) is 3.70. The van der Waals surface area contributed by atoms with Gasteiger partial charge in [0, 0.05) is 48.1 Å². The second kappa shape index (κ2) is 9.42. The first kappa shape index (κ1) is 29.4.